The van der Waals surface area contributed by atoms with Crippen LogP contribution in [0.3, 0.4) is 0 Å². The third-order valence-corrected chi connectivity index (χ3v) is 7.34. The molecule has 3 heterocycles. The molecule has 0 N–H and O–H groups in total. The first-order valence-electron chi connectivity index (χ1n) is 11.3. The predicted octanol–water partition coefficient (Wildman–Crippen LogP) is 7.24. The van der Waals surface area contributed by atoms with Gasteiger partial charge in [-0.1, -0.05) is 42.5 Å². The molecule has 0 bridgehead atoms. The summed E-state index contributed by atoms with van der Waals surface area (Å²) in [4.78, 5) is 0. The minimum absolute atomic E-state index is 0.188. The number of rotatable bonds is 1. The van der Waals surface area contributed by atoms with Crippen LogP contribution in [0.25, 0.3) is 60.1 Å². The average Bonchev–Trinajstić information content (AvgIpc) is 3.16. The summed E-state index contributed by atoms with van der Waals surface area (Å²) in [6.45, 7) is 4.34. The summed E-state index contributed by atoms with van der Waals surface area (Å²) < 4.78 is 19.8. The van der Waals surface area contributed by atoms with Gasteiger partial charge in [0.1, 0.15) is 12.9 Å². The number of nitrogens with zero attached hydrogens (tertiary/aromatic N) is 2. The van der Waals surface area contributed by atoms with Gasteiger partial charge in [-0.3, -0.25) is 0 Å². The fourth-order valence-electron chi connectivity index (χ4n) is 5.70. The van der Waals surface area contributed by atoms with Crippen molar-refractivity contribution in [2.45, 2.75) is 13.8 Å². The highest BCUT2D eigenvalue weighted by molar-refractivity contribution is 6.26. The summed E-state index contributed by atoms with van der Waals surface area (Å²) >= 11 is 0. The Morgan fingerprint density at radius 2 is 1.58 bits per heavy atom. The Hall–Kier alpha value is -3.98. The SMILES string of the molecule is Cc1cc2c3cccc(F)c3n3c4cc(-c5ccccc5)cc5cc[n+](C)c(c(c1C)c23)c54. The lowest BCUT2D eigenvalue weighted by Gasteiger charge is -2.15. The highest BCUT2D eigenvalue weighted by Crippen LogP contribution is 2.43. The Morgan fingerprint density at radius 1 is 0.758 bits per heavy atom. The summed E-state index contributed by atoms with van der Waals surface area (Å²) in [6, 6.07) is 24.7. The smallest absolute Gasteiger partial charge is 0.224 e. The number of halogens is 1. The van der Waals surface area contributed by atoms with E-state index in [-0.39, 0.29) is 5.82 Å². The van der Waals surface area contributed by atoms with Gasteiger partial charge in [0, 0.05) is 16.8 Å². The van der Waals surface area contributed by atoms with Crippen LogP contribution >= 0.6 is 0 Å². The van der Waals surface area contributed by atoms with E-state index < -0.39 is 0 Å². The maximum Gasteiger partial charge on any atom is 0.224 e. The zero-order valence-corrected chi connectivity index (χ0v) is 18.8. The second kappa shape index (κ2) is 6.29. The summed E-state index contributed by atoms with van der Waals surface area (Å²) in [7, 11) is 2.11. The van der Waals surface area contributed by atoms with Crippen molar-refractivity contribution >= 4 is 49.0 Å². The molecule has 3 aromatic heterocycles. The van der Waals surface area contributed by atoms with Crippen molar-refractivity contribution in [1.29, 1.82) is 0 Å². The standard InChI is InChI=1S/C30H22FN2/c1-17-14-23-22-10-7-11-24(31)28(22)33-25-16-21(19-8-5-4-6-9-19)15-20-12-13-32(3)30(27(20)25)26(18(17)2)29(23)33/h4-16H,1-3H3/q+1. The van der Waals surface area contributed by atoms with Gasteiger partial charge in [-0.15, -0.1) is 0 Å². The zero-order chi connectivity index (χ0) is 22.4. The Morgan fingerprint density at radius 3 is 2.39 bits per heavy atom. The number of aryl methyl sites for hydroxylation is 3. The monoisotopic (exact) mass is 429 g/mol. The molecule has 0 aliphatic rings. The number of hydrogen-bond acceptors (Lipinski definition) is 0. The zero-order valence-electron chi connectivity index (χ0n) is 18.8. The molecule has 0 fully saturated rings. The van der Waals surface area contributed by atoms with Crippen molar-refractivity contribution in [3.8, 4) is 11.1 Å². The molecule has 33 heavy (non-hydrogen) atoms. The van der Waals surface area contributed by atoms with Crippen LogP contribution < -0.4 is 4.57 Å². The maximum atomic E-state index is 15.5. The van der Waals surface area contributed by atoms with Crippen molar-refractivity contribution < 1.29 is 8.96 Å². The van der Waals surface area contributed by atoms with E-state index >= 15 is 4.39 Å². The van der Waals surface area contributed by atoms with Gasteiger partial charge in [-0.2, -0.15) is 0 Å². The van der Waals surface area contributed by atoms with Gasteiger partial charge in [-0.25, -0.2) is 8.96 Å². The summed E-state index contributed by atoms with van der Waals surface area (Å²) in [5.41, 5.74) is 8.75. The molecular weight excluding hydrogens is 407 g/mol. The summed E-state index contributed by atoms with van der Waals surface area (Å²) in [5, 5.41) is 5.60. The minimum Gasteiger partial charge on any atom is -0.305 e. The van der Waals surface area contributed by atoms with E-state index in [9.17, 15) is 0 Å². The van der Waals surface area contributed by atoms with Gasteiger partial charge in [0.2, 0.25) is 5.52 Å². The van der Waals surface area contributed by atoms with Crippen molar-refractivity contribution in [2.75, 3.05) is 0 Å². The van der Waals surface area contributed by atoms with Crippen LogP contribution in [0.5, 0.6) is 0 Å². The fourth-order valence-corrected chi connectivity index (χ4v) is 5.70. The Kier molecular flexibility index (Phi) is 3.54. The third kappa shape index (κ3) is 2.29. The van der Waals surface area contributed by atoms with E-state index in [1.807, 2.05) is 18.2 Å². The summed E-state index contributed by atoms with van der Waals surface area (Å²) in [5.74, 6) is -0.188. The second-order valence-electron chi connectivity index (χ2n) is 9.16. The van der Waals surface area contributed by atoms with Gasteiger partial charge in [0.05, 0.1) is 27.3 Å². The van der Waals surface area contributed by atoms with E-state index in [4.69, 9.17) is 0 Å². The molecule has 0 atom stereocenters. The molecule has 0 saturated heterocycles. The first-order valence-corrected chi connectivity index (χ1v) is 11.3. The van der Waals surface area contributed by atoms with Crippen LogP contribution in [0.4, 0.5) is 4.39 Å². The molecule has 4 aromatic carbocycles. The molecule has 158 valence electrons. The first-order chi connectivity index (χ1) is 16.0. The lowest BCUT2D eigenvalue weighted by molar-refractivity contribution is -0.643. The molecule has 0 amide bonds. The van der Waals surface area contributed by atoms with E-state index in [0.717, 1.165) is 38.3 Å². The number of hydrogen-bond donors (Lipinski definition) is 0. The van der Waals surface area contributed by atoms with Crippen LogP contribution in [0.1, 0.15) is 11.1 Å². The minimum atomic E-state index is -0.188. The summed E-state index contributed by atoms with van der Waals surface area (Å²) in [6.07, 6.45) is 2.14. The van der Waals surface area contributed by atoms with Gasteiger partial charge in [-0.05, 0) is 65.8 Å². The molecular formula is C30H22FN2+. The largest absolute Gasteiger partial charge is 0.305 e. The average molecular weight is 430 g/mol. The van der Waals surface area contributed by atoms with Crippen LogP contribution in [0.2, 0.25) is 0 Å². The molecule has 0 radical (unpaired) electrons. The van der Waals surface area contributed by atoms with Crippen LogP contribution in [0, 0.1) is 19.7 Å². The normalized spacial score (nSPS) is 12.2. The Bertz CT molecular complexity index is 1890. The highest BCUT2D eigenvalue weighted by atomic mass is 19.1. The molecule has 0 aliphatic carbocycles. The fraction of sp³-hybridized carbons (Fsp3) is 0.100. The number of aromatic nitrogens is 2. The molecule has 0 saturated carbocycles. The van der Waals surface area contributed by atoms with Gasteiger partial charge < -0.3 is 4.40 Å². The van der Waals surface area contributed by atoms with E-state index in [1.165, 1.54) is 27.4 Å². The highest BCUT2D eigenvalue weighted by Gasteiger charge is 2.26. The lowest BCUT2D eigenvalue weighted by Crippen LogP contribution is -2.29. The Balaban J connectivity index is 1.88. The molecule has 0 aliphatic heterocycles. The van der Waals surface area contributed by atoms with Crippen LogP contribution in [-0.2, 0) is 7.05 Å². The molecule has 7 rings (SSSR count). The molecule has 0 spiro atoms. The van der Waals surface area contributed by atoms with Crippen LogP contribution in [0.15, 0.2) is 79.0 Å². The third-order valence-electron chi connectivity index (χ3n) is 7.34. The lowest BCUT2D eigenvalue weighted by atomic mass is 9.94. The molecule has 0 unspecified atom stereocenters. The van der Waals surface area contributed by atoms with E-state index in [2.05, 4.69) is 84.6 Å². The van der Waals surface area contributed by atoms with Gasteiger partial charge >= 0.3 is 0 Å². The molecule has 3 heteroatoms. The number of para-hydroxylation sites is 1. The first kappa shape index (κ1) is 18.6. The van der Waals surface area contributed by atoms with E-state index in [0.29, 0.717) is 5.52 Å². The second-order valence-corrected chi connectivity index (χ2v) is 9.16. The number of fused-ring (bicyclic) bond motifs is 5. The van der Waals surface area contributed by atoms with Crippen molar-refractivity contribution in [3.63, 3.8) is 0 Å². The van der Waals surface area contributed by atoms with Crippen LogP contribution in [-0.4, -0.2) is 4.40 Å². The van der Waals surface area contributed by atoms with Crippen molar-refractivity contribution in [2.24, 2.45) is 7.05 Å². The maximum absolute atomic E-state index is 15.5. The van der Waals surface area contributed by atoms with Crippen molar-refractivity contribution in [3.05, 3.63) is 95.9 Å². The van der Waals surface area contributed by atoms with Gasteiger partial charge in [0.15, 0.2) is 6.20 Å². The van der Waals surface area contributed by atoms with Crippen molar-refractivity contribution in [1.82, 2.24) is 4.40 Å². The van der Waals surface area contributed by atoms with E-state index in [1.54, 1.807) is 6.07 Å². The predicted molar refractivity (Wildman–Crippen MR) is 135 cm³/mol. The Labute approximate surface area is 190 Å². The van der Waals surface area contributed by atoms with Gasteiger partial charge in [0.25, 0.3) is 0 Å². The molecule has 7 aromatic rings. The number of benzene rings is 4. The topological polar surface area (TPSA) is 8.29 Å². The quantitative estimate of drug-likeness (QED) is 0.148. The molecule has 2 nitrogen and oxygen atoms in total. The number of pyridine rings is 2.